The molecule has 0 fully saturated rings. The van der Waals surface area contributed by atoms with Gasteiger partial charge in [0.05, 0.1) is 7.11 Å². The van der Waals surface area contributed by atoms with Crippen LogP contribution in [0.4, 0.5) is 0 Å². The third-order valence-corrected chi connectivity index (χ3v) is 6.07. The van der Waals surface area contributed by atoms with Crippen molar-refractivity contribution in [1.82, 2.24) is 0 Å². The molecule has 3 aromatic rings. The molecule has 0 heterocycles. The fourth-order valence-corrected chi connectivity index (χ4v) is 4.28. The van der Waals surface area contributed by atoms with Crippen LogP contribution in [-0.2, 0) is 35.4 Å². The number of fused-ring (bicyclic) bond motifs is 1. The fourth-order valence-electron chi connectivity index (χ4n) is 4.28. The first-order valence-electron chi connectivity index (χ1n) is 11.2. The summed E-state index contributed by atoms with van der Waals surface area (Å²) in [7, 11) is 1.43. The molecule has 3 nitrogen and oxygen atoms in total. The monoisotopic (exact) mass is 414 g/mol. The summed E-state index contributed by atoms with van der Waals surface area (Å²) in [5.74, 6) is 0.703. The van der Waals surface area contributed by atoms with Gasteiger partial charge in [-0.05, 0) is 84.0 Å². The normalized spacial score (nSPS) is 12.8. The number of benzene rings is 3. The van der Waals surface area contributed by atoms with Crippen LogP contribution < -0.4 is 4.74 Å². The molecule has 0 unspecified atom stereocenters. The number of carbonyl (C=O) groups excluding carboxylic acids is 1. The minimum Gasteiger partial charge on any atom is -0.489 e. The van der Waals surface area contributed by atoms with Gasteiger partial charge in [0, 0.05) is 6.42 Å². The van der Waals surface area contributed by atoms with Crippen LogP contribution >= 0.6 is 0 Å². The average molecular weight is 415 g/mol. The first-order chi connectivity index (χ1) is 15.2. The summed E-state index contributed by atoms with van der Waals surface area (Å²) in [4.78, 5) is 11.2. The first-order valence-corrected chi connectivity index (χ1v) is 11.2. The zero-order valence-corrected chi connectivity index (χ0v) is 18.2. The minimum atomic E-state index is -0.155. The second-order valence-electron chi connectivity index (χ2n) is 8.21. The maximum Gasteiger partial charge on any atom is 0.305 e. The maximum atomic E-state index is 11.2. The third-order valence-electron chi connectivity index (χ3n) is 6.07. The van der Waals surface area contributed by atoms with Gasteiger partial charge in [0.25, 0.3) is 0 Å². The SMILES string of the molecule is COC(=O)CCCc1ccc(OCc2ccccc2-c2ccc3c(c2)CCCC3)cc1. The molecule has 0 atom stereocenters. The summed E-state index contributed by atoms with van der Waals surface area (Å²) in [5.41, 5.74) is 7.93. The highest BCUT2D eigenvalue weighted by atomic mass is 16.5. The Bertz CT molecular complexity index is 1020. The molecule has 3 aromatic carbocycles. The number of aryl methyl sites for hydroxylation is 3. The molecule has 160 valence electrons. The molecular formula is C28H30O3. The second kappa shape index (κ2) is 10.3. The summed E-state index contributed by atoms with van der Waals surface area (Å²) in [5, 5.41) is 0. The average Bonchev–Trinajstić information content (AvgIpc) is 2.83. The topological polar surface area (TPSA) is 35.5 Å². The Balaban J connectivity index is 1.40. The quantitative estimate of drug-likeness (QED) is 0.405. The van der Waals surface area contributed by atoms with Crippen molar-refractivity contribution < 1.29 is 14.3 Å². The number of ether oxygens (including phenoxy) is 2. The van der Waals surface area contributed by atoms with E-state index in [-0.39, 0.29) is 5.97 Å². The molecule has 0 amide bonds. The predicted molar refractivity (Wildman–Crippen MR) is 124 cm³/mol. The van der Waals surface area contributed by atoms with Crippen LogP contribution in [0.2, 0.25) is 0 Å². The Labute approximate surface area is 185 Å². The van der Waals surface area contributed by atoms with E-state index in [9.17, 15) is 4.79 Å². The number of carbonyl (C=O) groups is 1. The van der Waals surface area contributed by atoms with Gasteiger partial charge in [-0.2, -0.15) is 0 Å². The second-order valence-corrected chi connectivity index (χ2v) is 8.21. The van der Waals surface area contributed by atoms with Crippen molar-refractivity contribution in [3.63, 3.8) is 0 Å². The zero-order valence-electron chi connectivity index (χ0n) is 18.2. The molecule has 0 spiro atoms. The molecule has 0 N–H and O–H groups in total. The van der Waals surface area contributed by atoms with Crippen molar-refractivity contribution >= 4 is 5.97 Å². The summed E-state index contributed by atoms with van der Waals surface area (Å²) in [6.07, 6.45) is 7.10. The molecule has 0 saturated heterocycles. The van der Waals surface area contributed by atoms with E-state index < -0.39 is 0 Å². The lowest BCUT2D eigenvalue weighted by Crippen LogP contribution is -2.03. The van der Waals surface area contributed by atoms with Gasteiger partial charge >= 0.3 is 5.97 Å². The summed E-state index contributed by atoms with van der Waals surface area (Å²) in [6, 6.07) is 23.6. The van der Waals surface area contributed by atoms with Crippen molar-refractivity contribution in [3.05, 3.63) is 89.0 Å². The van der Waals surface area contributed by atoms with Crippen molar-refractivity contribution in [1.29, 1.82) is 0 Å². The van der Waals surface area contributed by atoms with E-state index in [1.54, 1.807) is 0 Å². The lowest BCUT2D eigenvalue weighted by molar-refractivity contribution is -0.140. The van der Waals surface area contributed by atoms with Crippen LogP contribution in [0, 0.1) is 0 Å². The lowest BCUT2D eigenvalue weighted by Gasteiger charge is -2.18. The molecule has 1 aliphatic carbocycles. The largest absolute Gasteiger partial charge is 0.489 e. The number of rotatable bonds is 8. The van der Waals surface area contributed by atoms with Crippen molar-refractivity contribution in [2.75, 3.05) is 7.11 Å². The van der Waals surface area contributed by atoms with Gasteiger partial charge in [-0.3, -0.25) is 4.79 Å². The Morgan fingerprint density at radius 1 is 0.903 bits per heavy atom. The molecule has 0 bridgehead atoms. The van der Waals surface area contributed by atoms with Gasteiger partial charge < -0.3 is 9.47 Å². The smallest absolute Gasteiger partial charge is 0.305 e. The predicted octanol–water partition coefficient (Wildman–Crippen LogP) is 6.31. The summed E-state index contributed by atoms with van der Waals surface area (Å²) in [6.45, 7) is 0.537. The van der Waals surface area contributed by atoms with Crippen molar-refractivity contribution in [3.8, 4) is 16.9 Å². The van der Waals surface area contributed by atoms with E-state index in [0.717, 1.165) is 18.6 Å². The van der Waals surface area contributed by atoms with Gasteiger partial charge in [0.1, 0.15) is 12.4 Å². The van der Waals surface area contributed by atoms with Gasteiger partial charge in [-0.15, -0.1) is 0 Å². The Kier molecular flexibility index (Phi) is 7.03. The van der Waals surface area contributed by atoms with Gasteiger partial charge in [-0.25, -0.2) is 0 Å². The first kappa shape index (κ1) is 21.2. The van der Waals surface area contributed by atoms with Crippen LogP contribution in [0.1, 0.15) is 47.9 Å². The van der Waals surface area contributed by atoms with Crippen LogP contribution in [0.5, 0.6) is 5.75 Å². The van der Waals surface area contributed by atoms with Crippen LogP contribution in [0.25, 0.3) is 11.1 Å². The Morgan fingerprint density at radius 3 is 2.48 bits per heavy atom. The Morgan fingerprint density at radius 2 is 1.68 bits per heavy atom. The molecule has 31 heavy (non-hydrogen) atoms. The highest BCUT2D eigenvalue weighted by molar-refractivity contribution is 5.69. The minimum absolute atomic E-state index is 0.155. The van der Waals surface area contributed by atoms with E-state index in [2.05, 4.69) is 54.6 Å². The standard InChI is InChI=1S/C28H30O3/c1-30-28(29)12-6-7-21-13-17-26(18-14-21)31-20-25-10-4-5-11-27(25)24-16-15-22-8-2-3-9-23(22)19-24/h4-5,10-11,13-19H,2-3,6-9,12,20H2,1H3. The number of esters is 1. The third kappa shape index (κ3) is 5.55. The maximum absolute atomic E-state index is 11.2. The lowest BCUT2D eigenvalue weighted by atomic mass is 9.88. The fraction of sp³-hybridized carbons (Fsp3) is 0.321. The Hall–Kier alpha value is -3.07. The van der Waals surface area contributed by atoms with Crippen molar-refractivity contribution in [2.45, 2.75) is 51.6 Å². The molecule has 4 rings (SSSR count). The molecular weight excluding hydrogens is 384 g/mol. The van der Waals surface area contributed by atoms with E-state index in [1.165, 1.54) is 66.2 Å². The molecule has 1 aliphatic rings. The zero-order chi connectivity index (χ0) is 21.5. The summed E-state index contributed by atoms with van der Waals surface area (Å²) >= 11 is 0. The van der Waals surface area contributed by atoms with Gasteiger partial charge in [0.15, 0.2) is 0 Å². The van der Waals surface area contributed by atoms with E-state index in [1.807, 2.05) is 12.1 Å². The molecule has 0 aliphatic heterocycles. The van der Waals surface area contributed by atoms with Crippen LogP contribution in [0.15, 0.2) is 66.7 Å². The van der Waals surface area contributed by atoms with E-state index >= 15 is 0 Å². The molecule has 0 aromatic heterocycles. The van der Waals surface area contributed by atoms with Crippen molar-refractivity contribution in [2.24, 2.45) is 0 Å². The molecule has 0 radical (unpaired) electrons. The molecule has 0 saturated carbocycles. The summed E-state index contributed by atoms with van der Waals surface area (Å²) < 4.78 is 10.8. The molecule has 3 heteroatoms. The van der Waals surface area contributed by atoms with Crippen LogP contribution in [-0.4, -0.2) is 13.1 Å². The van der Waals surface area contributed by atoms with Gasteiger partial charge in [0.2, 0.25) is 0 Å². The van der Waals surface area contributed by atoms with Crippen LogP contribution in [0.3, 0.4) is 0 Å². The van der Waals surface area contributed by atoms with E-state index in [4.69, 9.17) is 9.47 Å². The highest BCUT2D eigenvalue weighted by Crippen LogP contribution is 2.30. The van der Waals surface area contributed by atoms with Gasteiger partial charge in [-0.1, -0.05) is 54.6 Å². The van der Waals surface area contributed by atoms with E-state index in [0.29, 0.717) is 13.0 Å². The highest BCUT2D eigenvalue weighted by Gasteiger charge is 2.12. The number of hydrogen-bond acceptors (Lipinski definition) is 3. The number of methoxy groups -OCH3 is 1. The number of hydrogen-bond donors (Lipinski definition) is 0.